The second kappa shape index (κ2) is 7.81. The molecule has 0 aliphatic carbocycles. The highest BCUT2D eigenvalue weighted by Crippen LogP contribution is 2.28. The number of amides is 1. The number of thiophene rings is 1. The van der Waals surface area contributed by atoms with E-state index in [0.29, 0.717) is 17.3 Å². The van der Waals surface area contributed by atoms with Crippen molar-refractivity contribution >= 4 is 22.9 Å². The van der Waals surface area contributed by atoms with Crippen LogP contribution in [-0.2, 0) is 17.8 Å². The Morgan fingerprint density at radius 2 is 2.28 bits per heavy atom. The van der Waals surface area contributed by atoms with Crippen LogP contribution in [0.5, 0.6) is 0 Å². The second-order valence-electron chi connectivity index (χ2n) is 7.25. The summed E-state index contributed by atoms with van der Waals surface area (Å²) in [5, 5.41) is 7.46. The van der Waals surface area contributed by atoms with Crippen molar-refractivity contribution in [3.63, 3.8) is 0 Å². The third-order valence-electron chi connectivity index (χ3n) is 5.13. The van der Waals surface area contributed by atoms with E-state index in [1.165, 1.54) is 11.3 Å². The fourth-order valence-electron chi connectivity index (χ4n) is 3.53. The van der Waals surface area contributed by atoms with E-state index in [9.17, 15) is 4.79 Å². The lowest BCUT2D eigenvalue weighted by molar-refractivity contribution is 0.0955. The molecule has 4 aromatic heterocycles. The molecule has 1 amide bonds. The van der Waals surface area contributed by atoms with E-state index in [2.05, 4.69) is 15.4 Å². The molecule has 0 bridgehead atoms. The minimum Gasteiger partial charge on any atom is -0.381 e. The van der Waals surface area contributed by atoms with E-state index < -0.39 is 0 Å². The lowest BCUT2D eigenvalue weighted by Crippen LogP contribution is -2.21. The quantitative estimate of drug-likeness (QED) is 0.533. The summed E-state index contributed by atoms with van der Waals surface area (Å²) in [6.45, 7) is 3.00. The third kappa shape index (κ3) is 3.94. The number of carbonyl (C=O) groups excluding carboxylic acids is 1. The van der Waals surface area contributed by atoms with Gasteiger partial charge in [-0.2, -0.15) is 5.10 Å². The lowest BCUT2D eigenvalue weighted by atomic mass is 10.1. The van der Waals surface area contributed by atoms with Gasteiger partial charge in [0.2, 0.25) is 0 Å². The Hall–Kier alpha value is -2.97. The van der Waals surface area contributed by atoms with Gasteiger partial charge in [0.1, 0.15) is 5.65 Å². The molecule has 8 heteroatoms. The standard InChI is InChI=1S/C21H21N5O2S/c27-21(23-10-15-3-6-25-7-5-22-20(25)9-15)19-2-1-18(29-19)17-11-24-26(13-17)12-16-4-8-28-14-16/h1-3,5-7,9,11,13,16H,4,8,10,12,14H2,(H,23,27). The molecule has 1 aliphatic heterocycles. The number of hydrogen-bond acceptors (Lipinski definition) is 5. The van der Waals surface area contributed by atoms with Crippen molar-refractivity contribution in [1.82, 2.24) is 24.5 Å². The largest absolute Gasteiger partial charge is 0.381 e. The molecule has 0 spiro atoms. The molecule has 1 N–H and O–H groups in total. The van der Waals surface area contributed by atoms with E-state index >= 15 is 0 Å². The average molecular weight is 407 g/mol. The molecule has 1 saturated heterocycles. The predicted octanol–water partition coefficient (Wildman–Crippen LogP) is 3.23. The fraction of sp³-hybridized carbons (Fsp3) is 0.286. The zero-order chi connectivity index (χ0) is 19.6. The van der Waals surface area contributed by atoms with Crippen molar-refractivity contribution in [2.24, 2.45) is 5.92 Å². The average Bonchev–Trinajstić information content (AvgIpc) is 3.53. The van der Waals surface area contributed by atoms with Crippen LogP contribution < -0.4 is 5.32 Å². The first kappa shape index (κ1) is 18.1. The Morgan fingerprint density at radius 1 is 1.31 bits per heavy atom. The van der Waals surface area contributed by atoms with Gasteiger partial charge in [-0.25, -0.2) is 4.98 Å². The molecule has 0 saturated carbocycles. The molecular formula is C21H21N5O2S. The second-order valence-corrected chi connectivity index (χ2v) is 8.34. The van der Waals surface area contributed by atoms with Crippen molar-refractivity contribution in [3.8, 4) is 10.4 Å². The lowest BCUT2D eigenvalue weighted by Gasteiger charge is -2.06. The number of hydrogen-bond donors (Lipinski definition) is 1. The maximum Gasteiger partial charge on any atom is 0.261 e. The highest BCUT2D eigenvalue weighted by atomic mass is 32.1. The Labute approximate surface area is 172 Å². The minimum absolute atomic E-state index is 0.0695. The molecule has 5 heterocycles. The minimum atomic E-state index is -0.0695. The van der Waals surface area contributed by atoms with E-state index in [4.69, 9.17) is 4.74 Å². The highest BCUT2D eigenvalue weighted by molar-refractivity contribution is 7.17. The van der Waals surface area contributed by atoms with E-state index in [1.807, 2.05) is 58.1 Å². The van der Waals surface area contributed by atoms with E-state index in [0.717, 1.165) is 47.8 Å². The SMILES string of the molecule is O=C(NCc1ccn2ccnc2c1)c1ccc(-c2cnn(CC3CCOC3)c2)s1. The number of carbonyl (C=O) groups is 1. The Kier molecular flexibility index (Phi) is 4.87. The third-order valence-corrected chi connectivity index (χ3v) is 6.27. The van der Waals surface area contributed by atoms with Crippen LogP contribution in [0.1, 0.15) is 21.7 Å². The van der Waals surface area contributed by atoms with Gasteiger partial charge in [-0.15, -0.1) is 11.3 Å². The predicted molar refractivity (Wildman–Crippen MR) is 111 cm³/mol. The maximum atomic E-state index is 12.6. The van der Waals surface area contributed by atoms with Crippen LogP contribution in [0.4, 0.5) is 0 Å². The number of pyridine rings is 1. The number of fused-ring (bicyclic) bond motifs is 1. The first-order chi connectivity index (χ1) is 14.2. The summed E-state index contributed by atoms with van der Waals surface area (Å²) in [5.74, 6) is 0.466. The fourth-order valence-corrected chi connectivity index (χ4v) is 4.43. The van der Waals surface area contributed by atoms with E-state index in [-0.39, 0.29) is 5.91 Å². The van der Waals surface area contributed by atoms with Crippen molar-refractivity contribution < 1.29 is 9.53 Å². The number of aromatic nitrogens is 4. The van der Waals surface area contributed by atoms with Gasteiger partial charge in [0.25, 0.3) is 5.91 Å². The number of imidazole rings is 1. The normalized spacial score (nSPS) is 16.5. The molecule has 0 radical (unpaired) electrons. The van der Waals surface area contributed by atoms with Crippen LogP contribution in [0.15, 0.2) is 55.2 Å². The van der Waals surface area contributed by atoms with Gasteiger partial charge in [0, 0.05) is 60.8 Å². The van der Waals surface area contributed by atoms with Crippen LogP contribution in [0.25, 0.3) is 16.1 Å². The van der Waals surface area contributed by atoms with Crippen molar-refractivity contribution in [3.05, 3.63) is 65.7 Å². The number of ether oxygens (including phenoxy) is 1. The zero-order valence-electron chi connectivity index (χ0n) is 15.8. The van der Waals surface area contributed by atoms with Gasteiger partial charge >= 0.3 is 0 Å². The monoisotopic (exact) mass is 407 g/mol. The number of nitrogens with one attached hydrogen (secondary N) is 1. The van der Waals surface area contributed by atoms with Gasteiger partial charge in [0.15, 0.2) is 0 Å². The van der Waals surface area contributed by atoms with Crippen LogP contribution in [-0.4, -0.2) is 38.3 Å². The van der Waals surface area contributed by atoms with Gasteiger partial charge in [0.05, 0.1) is 17.7 Å². The zero-order valence-corrected chi connectivity index (χ0v) is 16.6. The van der Waals surface area contributed by atoms with Crippen LogP contribution >= 0.6 is 11.3 Å². The molecule has 1 fully saturated rings. The van der Waals surface area contributed by atoms with Crippen LogP contribution in [0.3, 0.4) is 0 Å². The molecule has 1 atom stereocenters. The number of rotatable bonds is 6. The summed E-state index contributed by atoms with van der Waals surface area (Å²) in [7, 11) is 0. The molecule has 0 aromatic carbocycles. The van der Waals surface area contributed by atoms with Gasteiger partial charge in [-0.3, -0.25) is 9.48 Å². The molecular weight excluding hydrogens is 386 g/mol. The number of nitrogens with zero attached hydrogens (tertiary/aromatic N) is 4. The van der Waals surface area contributed by atoms with Gasteiger partial charge < -0.3 is 14.5 Å². The molecule has 1 unspecified atom stereocenters. The van der Waals surface area contributed by atoms with Gasteiger partial charge in [-0.05, 0) is 36.2 Å². The van der Waals surface area contributed by atoms with Crippen molar-refractivity contribution in [2.45, 2.75) is 19.5 Å². The molecule has 7 nitrogen and oxygen atoms in total. The maximum absolute atomic E-state index is 12.6. The molecule has 5 rings (SSSR count). The molecule has 4 aromatic rings. The summed E-state index contributed by atoms with van der Waals surface area (Å²) < 4.78 is 9.35. The van der Waals surface area contributed by atoms with Crippen LogP contribution in [0, 0.1) is 5.92 Å². The summed E-state index contributed by atoms with van der Waals surface area (Å²) in [6.07, 6.45) is 10.6. The molecule has 29 heavy (non-hydrogen) atoms. The Balaban J connectivity index is 1.22. The molecule has 148 valence electrons. The first-order valence-corrected chi connectivity index (χ1v) is 10.5. The highest BCUT2D eigenvalue weighted by Gasteiger charge is 2.17. The molecule has 1 aliphatic rings. The topological polar surface area (TPSA) is 73.5 Å². The summed E-state index contributed by atoms with van der Waals surface area (Å²) in [6, 6.07) is 7.81. The first-order valence-electron chi connectivity index (χ1n) is 9.65. The summed E-state index contributed by atoms with van der Waals surface area (Å²) >= 11 is 1.48. The van der Waals surface area contributed by atoms with Crippen molar-refractivity contribution in [2.75, 3.05) is 13.2 Å². The van der Waals surface area contributed by atoms with Crippen LogP contribution in [0.2, 0.25) is 0 Å². The van der Waals surface area contributed by atoms with E-state index in [1.54, 1.807) is 6.20 Å². The summed E-state index contributed by atoms with van der Waals surface area (Å²) in [4.78, 5) is 18.6. The van der Waals surface area contributed by atoms with Gasteiger partial charge in [-0.1, -0.05) is 0 Å². The smallest absolute Gasteiger partial charge is 0.261 e. The Morgan fingerprint density at radius 3 is 3.17 bits per heavy atom. The Bertz CT molecular complexity index is 1140. The summed E-state index contributed by atoms with van der Waals surface area (Å²) in [5.41, 5.74) is 2.93. The van der Waals surface area contributed by atoms with Crippen molar-refractivity contribution in [1.29, 1.82) is 0 Å².